The van der Waals surface area contributed by atoms with E-state index in [2.05, 4.69) is 15.3 Å². The van der Waals surface area contributed by atoms with E-state index in [1.807, 2.05) is 0 Å². The van der Waals surface area contributed by atoms with Gasteiger partial charge in [-0.25, -0.2) is 9.97 Å². The lowest BCUT2D eigenvalue weighted by Crippen LogP contribution is -2.57. The van der Waals surface area contributed by atoms with Gasteiger partial charge in [0.15, 0.2) is 0 Å². The Labute approximate surface area is 122 Å². The van der Waals surface area contributed by atoms with E-state index in [-0.39, 0.29) is 11.9 Å². The molecule has 0 spiro atoms. The summed E-state index contributed by atoms with van der Waals surface area (Å²) in [6.07, 6.45) is 3.38. The van der Waals surface area contributed by atoms with Gasteiger partial charge in [-0.2, -0.15) is 0 Å². The van der Waals surface area contributed by atoms with Crippen LogP contribution in [-0.2, 0) is 0 Å². The van der Waals surface area contributed by atoms with Crippen LogP contribution in [0.15, 0.2) is 42.7 Å². The summed E-state index contributed by atoms with van der Waals surface area (Å²) >= 11 is 0. The zero-order chi connectivity index (χ0) is 14.7. The predicted octanol–water partition coefficient (Wildman–Crippen LogP) is 1.42. The first-order chi connectivity index (χ1) is 10.3. The number of aromatic nitrogens is 2. The molecule has 1 aromatic heterocycles. The lowest BCUT2D eigenvalue weighted by atomic mass is 10.1. The smallest absolute Gasteiger partial charge is 0.254 e. The topological polar surface area (TPSA) is 67.3 Å². The molecule has 0 aliphatic carbocycles. The number of carbonyl (C=O) groups excluding carboxylic acids is 1. The van der Waals surface area contributed by atoms with Crippen LogP contribution in [0.5, 0.6) is 5.75 Å². The molecule has 21 heavy (non-hydrogen) atoms. The molecular weight excluding hydrogens is 268 g/mol. The normalized spacial score (nSPS) is 14.4. The third-order valence-corrected chi connectivity index (χ3v) is 3.40. The molecule has 1 aliphatic heterocycles. The monoisotopic (exact) mass is 284 g/mol. The first-order valence-corrected chi connectivity index (χ1v) is 6.73. The minimum absolute atomic E-state index is 0.0321. The van der Waals surface area contributed by atoms with Crippen molar-refractivity contribution in [3.63, 3.8) is 0 Å². The predicted molar refractivity (Wildman–Crippen MR) is 78.3 cm³/mol. The molecule has 6 heteroatoms. The van der Waals surface area contributed by atoms with Crippen molar-refractivity contribution in [3.8, 4) is 5.75 Å². The molecule has 108 valence electrons. The Hall–Kier alpha value is -2.63. The van der Waals surface area contributed by atoms with E-state index in [0.29, 0.717) is 24.6 Å². The number of nitrogens with one attached hydrogen (secondary N) is 1. The average molecular weight is 284 g/mol. The first kappa shape index (κ1) is 13.4. The maximum Gasteiger partial charge on any atom is 0.254 e. The van der Waals surface area contributed by atoms with Crippen molar-refractivity contribution >= 4 is 11.9 Å². The van der Waals surface area contributed by atoms with Gasteiger partial charge in [-0.15, -0.1) is 0 Å². The van der Waals surface area contributed by atoms with Crippen LogP contribution in [0, 0.1) is 0 Å². The van der Waals surface area contributed by atoms with Gasteiger partial charge < -0.3 is 15.0 Å². The quantitative estimate of drug-likeness (QED) is 0.919. The first-order valence-electron chi connectivity index (χ1n) is 6.73. The molecule has 1 N–H and O–H groups in total. The van der Waals surface area contributed by atoms with Crippen molar-refractivity contribution in [2.45, 2.75) is 6.04 Å². The molecule has 1 fully saturated rings. The second kappa shape index (κ2) is 5.78. The number of hydrogen-bond acceptors (Lipinski definition) is 5. The van der Waals surface area contributed by atoms with Crippen molar-refractivity contribution in [2.24, 2.45) is 0 Å². The molecule has 0 atom stereocenters. The zero-order valence-electron chi connectivity index (χ0n) is 11.7. The molecule has 6 nitrogen and oxygen atoms in total. The maximum atomic E-state index is 12.3. The lowest BCUT2D eigenvalue weighted by molar-refractivity contribution is 0.0624. The third-order valence-electron chi connectivity index (χ3n) is 3.40. The minimum Gasteiger partial charge on any atom is -0.497 e. The summed E-state index contributed by atoms with van der Waals surface area (Å²) in [4.78, 5) is 22.3. The Morgan fingerprint density at radius 2 is 1.90 bits per heavy atom. The molecule has 0 radical (unpaired) electrons. The van der Waals surface area contributed by atoms with Crippen LogP contribution in [0.4, 0.5) is 5.95 Å². The highest BCUT2D eigenvalue weighted by molar-refractivity contribution is 5.95. The van der Waals surface area contributed by atoms with Gasteiger partial charge in [0.05, 0.1) is 13.2 Å². The molecule has 1 amide bonds. The number of amides is 1. The van der Waals surface area contributed by atoms with Crippen molar-refractivity contribution < 1.29 is 9.53 Å². The molecule has 2 aromatic rings. The summed E-state index contributed by atoms with van der Waals surface area (Å²) in [6, 6.07) is 9.12. The summed E-state index contributed by atoms with van der Waals surface area (Å²) in [5.74, 6) is 1.37. The van der Waals surface area contributed by atoms with Crippen LogP contribution in [0.25, 0.3) is 0 Å². The molecule has 0 bridgehead atoms. The van der Waals surface area contributed by atoms with Crippen molar-refractivity contribution in [1.29, 1.82) is 0 Å². The van der Waals surface area contributed by atoms with E-state index < -0.39 is 0 Å². The zero-order valence-corrected chi connectivity index (χ0v) is 11.7. The van der Waals surface area contributed by atoms with Gasteiger partial charge in [0.2, 0.25) is 5.95 Å². The Morgan fingerprint density at radius 3 is 2.52 bits per heavy atom. The number of nitrogens with zero attached hydrogens (tertiary/aromatic N) is 3. The van der Waals surface area contributed by atoms with Crippen LogP contribution >= 0.6 is 0 Å². The van der Waals surface area contributed by atoms with E-state index in [1.54, 1.807) is 54.7 Å². The number of methoxy groups -OCH3 is 1. The number of hydrogen-bond donors (Lipinski definition) is 1. The Balaban J connectivity index is 1.54. The molecular formula is C15H16N4O2. The SMILES string of the molecule is COc1ccc(C(=O)N2CC(Nc3ncccn3)C2)cc1. The average Bonchev–Trinajstić information content (AvgIpc) is 2.51. The van der Waals surface area contributed by atoms with E-state index >= 15 is 0 Å². The van der Waals surface area contributed by atoms with Crippen LogP contribution in [0.3, 0.4) is 0 Å². The van der Waals surface area contributed by atoms with Crippen molar-refractivity contribution in [1.82, 2.24) is 14.9 Å². The minimum atomic E-state index is 0.0321. The van der Waals surface area contributed by atoms with Gasteiger partial charge in [-0.3, -0.25) is 4.79 Å². The molecule has 1 saturated heterocycles. The van der Waals surface area contributed by atoms with Crippen LogP contribution in [0.2, 0.25) is 0 Å². The van der Waals surface area contributed by atoms with Crippen LogP contribution in [-0.4, -0.2) is 47.0 Å². The van der Waals surface area contributed by atoms with Crippen molar-refractivity contribution in [3.05, 3.63) is 48.3 Å². The molecule has 0 saturated carbocycles. The second-order valence-electron chi connectivity index (χ2n) is 4.85. The largest absolute Gasteiger partial charge is 0.497 e. The Bertz CT molecular complexity index is 609. The highest BCUT2D eigenvalue weighted by atomic mass is 16.5. The highest BCUT2D eigenvalue weighted by Gasteiger charge is 2.31. The van der Waals surface area contributed by atoms with Gasteiger partial charge in [-0.05, 0) is 30.3 Å². The number of likely N-dealkylation sites (tertiary alicyclic amines) is 1. The number of benzene rings is 1. The second-order valence-corrected chi connectivity index (χ2v) is 4.85. The van der Waals surface area contributed by atoms with E-state index in [9.17, 15) is 4.79 Å². The number of ether oxygens (including phenoxy) is 1. The molecule has 0 unspecified atom stereocenters. The van der Waals surface area contributed by atoms with Gasteiger partial charge in [0.1, 0.15) is 5.75 Å². The fourth-order valence-corrected chi connectivity index (χ4v) is 2.21. The summed E-state index contributed by atoms with van der Waals surface area (Å²) < 4.78 is 5.08. The van der Waals surface area contributed by atoms with E-state index in [1.165, 1.54) is 0 Å². The van der Waals surface area contributed by atoms with Gasteiger partial charge in [0.25, 0.3) is 5.91 Å². The summed E-state index contributed by atoms with van der Waals surface area (Å²) in [7, 11) is 1.61. The van der Waals surface area contributed by atoms with Crippen molar-refractivity contribution in [2.75, 3.05) is 25.5 Å². The van der Waals surface area contributed by atoms with Crippen LogP contribution in [0.1, 0.15) is 10.4 Å². The fourth-order valence-electron chi connectivity index (χ4n) is 2.21. The summed E-state index contributed by atoms with van der Waals surface area (Å²) in [6.45, 7) is 1.31. The van der Waals surface area contributed by atoms with Gasteiger partial charge in [-0.1, -0.05) is 0 Å². The molecule has 1 aliphatic rings. The standard InChI is InChI=1S/C15H16N4O2/c1-21-13-5-3-11(4-6-13)14(20)19-9-12(10-19)18-15-16-7-2-8-17-15/h2-8,12H,9-10H2,1H3,(H,16,17,18). The number of rotatable bonds is 4. The number of anilines is 1. The Morgan fingerprint density at radius 1 is 1.24 bits per heavy atom. The summed E-state index contributed by atoms with van der Waals surface area (Å²) in [5.41, 5.74) is 0.671. The molecule has 3 rings (SSSR count). The maximum absolute atomic E-state index is 12.3. The summed E-state index contributed by atoms with van der Waals surface area (Å²) in [5, 5.41) is 3.20. The highest BCUT2D eigenvalue weighted by Crippen LogP contribution is 2.18. The fraction of sp³-hybridized carbons (Fsp3) is 0.267. The van der Waals surface area contributed by atoms with E-state index in [0.717, 1.165) is 5.75 Å². The van der Waals surface area contributed by atoms with Gasteiger partial charge in [0, 0.05) is 31.0 Å². The Kier molecular flexibility index (Phi) is 3.68. The van der Waals surface area contributed by atoms with Crippen LogP contribution < -0.4 is 10.1 Å². The number of carbonyl (C=O) groups is 1. The van der Waals surface area contributed by atoms with E-state index in [4.69, 9.17) is 4.74 Å². The molecule has 2 heterocycles. The van der Waals surface area contributed by atoms with Gasteiger partial charge >= 0.3 is 0 Å². The lowest BCUT2D eigenvalue weighted by Gasteiger charge is -2.39. The molecule has 1 aromatic carbocycles. The third kappa shape index (κ3) is 2.94.